The van der Waals surface area contributed by atoms with E-state index >= 15 is 0 Å². The first-order valence-corrected chi connectivity index (χ1v) is 12.7. The first kappa shape index (κ1) is 21.9. The van der Waals surface area contributed by atoms with E-state index in [0.29, 0.717) is 11.3 Å². The van der Waals surface area contributed by atoms with Crippen LogP contribution in [0.25, 0.3) is 0 Å². The van der Waals surface area contributed by atoms with Crippen LogP contribution in [0.5, 0.6) is 0 Å². The SMILES string of the molecule is CC(C)[C@@H](O)CC[C@@H](C)[C@H]1CCC2C3CC=C4C[C@@](C)(O)CC[C@]4(C)C3CC[C@@H]21. The lowest BCUT2D eigenvalue weighted by Crippen LogP contribution is -2.49. The Balaban J connectivity index is 1.44. The number of rotatable bonds is 5. The highest BCUT2D eigenvalue weighted by molar-refractivity contribution is 5.26. The van der Waals surface area contributed by atoms with Gasteiger partial charge in [0.25, 0.3) is 0 Å². The van der Waals surface area contributed by atoms with Crippen LogP contribution in [0.15, 0.2) is 11.6 Å². The third-order valence-corrected chi connectivity index (χ3v) is 10.2. The molecule has 0 heterocycles. The van der Waals surface area contributed by atoms with E-state index in [4.69, 9.17) is 0 Å². The van der Waals surface area contributed by atoms with Gasteiger partial charge in [0.15, 0.2) is 0 Å². The van der Waals surface area contributed by atoms with Crippen LogP contribution in [0.2, 0.25) is 0 Å². The molecule has 29 heavy (non-hydrogen) atoms. The number of hydrogen-bond donors (Lipinski definition) is 2. The normalized spacial score (nSPS) is 46.5. The van der Waals surface area contributed by atoms with Crippen LogP contribution < -0.4 is 0 Å². The number of fused-ring (bicyclic) bond motifs is 5. The highest BCUT2D eigenvalue weighted by Crippen LogP contribution is 2.63. The molecule has 0 aromatic carbocycles. The van der Waals surface area contributed by atoms with Crippen molar-refractivity contribution in [1.29, 1.82) is 0 Å². The predicted octanol–water partition coefficient (Wildman–Crippen LogP) is 6.36. The van der Waals surface area contributed by atoms with Crippen molar-refractivity contribution in [1.82, 2.24) is 0 Å². The summed E-state index contributed by atoms with van der Waals surface area (Å²) in [6, 6.07) is 0. The number of aliphatic hydroxyl groups excluding tert-OH is 1. The molecule has 0 bridgehead atoms. The van der Waals surface area contributed by atoms with Crippen molar-refractivity contribution in [3.63, 3.8) is 0 Å². The molecule has 3 fully saturated rings. The van der Waals surface area contributed by atoms with Crippen molar-refractivity contribution < 1.29 is 10.2 Å². The zero-order valence-corrected chi connectivity index (χ0v) is 19.7. The fraction of sp³-hybridized carbons (Fsp3) is 0.926. The van der Waals surface area contributed by atoms with Crippen molar-refractivity contribution >= 4 is 0 Å². The summed E-state index contributed by atoms with van der Waals surface area (Å²) in [5.41, 5.74) is 1.45. The quantitative estimate of drug-likeness (QED) is 0.525. The smallest absolute Gasteiger partial charge is 0.0657 e. The maximum atomic E-state index is 10.6. The molecule has 2 heteroatoms. The van der Waals surface area contributed by atoms with Gasteiger partial charge in [0.05, 0.1) is 11.7 Å². The molecule has 3 unspecified atom stereocenters. The molecule has 2 N–H and O–H groups in total. The highest BCUT2D eigenvalue weighted by atomic mass is 16.3. The second-order valence-electron chi connectivity index (χ2n) is 12.3. The molecular formula is C27H46O2. The average molecular weight is 403 g/mol. The van der Waals surface area contributed by atoms with E-state index in [1.165, 1.54) is 44.9 Å². The summed E-state index contributed by atoms with van der Waals surface area (Å²) in [5.74, 6) is 5.59. The van der Waals surface area contributed by atoms with Crippen LogP contribution in [-0.4, -0.2) is 21.9 Å². The van der Waals surface area contributed by atoms with Gasteiger partial charge in [0.1, 0.15) is 0 Å². The lowest BCUT2D eigenvalue weighted by atomic mass is 9.49. The molecule has 0 radical (unpaired) electrons. The Morgan fingerprint density at radius 3 is 2.41 bits per heavy atom. The van der Waals surface area contributed by atoms with E-state index in [0.717, 1.165) is 54.8 Å². The zero-order valence-electron chi connectivity index (χ0n) is 19.7. The molecule has 4 rings (SSSR count). The first-order valence-electron chi connectivity index (χ1n) is 12.7. The van der Waals surface area contributed by atoms with Crippen LogP contribution in [-0.2, 0) is 0 Å². The van der Waals surface area contributed by atoms with Gasteiger partial charge in [-0.3, -0.25) is 0 Å². The summed E-state index contributed by atoms with van der Waals surface area (Å²) in [5, 5.41) is 20.9. The van der Waals surface area contributed by atoms with E-state index in [1.807, 2.05) is 6.92 Å². The van der Waals surface area contributed by atoms with Crippen LogP contribution in [0.1, 0.15) is 98.8 Å². The second kappa shape index (κ2) is 7.97. The molecule has 4 aliphatic carbocycles. The van der Waals surface area contributed by atoms with E-state index in [9.17, 15) is 10.2 Å². The largest absolute Gasteiger partial charge is 0.393 e. The molecule has 0 aliphatic heterocycles. The van der Waals surface area contributed by atoms with Crippen molar-refractivity contribution in [3.8, 4) is 0 Å². The van der Waals surface area contributed by atoms with Gasteiger partial charge in [0.2, 0.25) is 0 Å². The molecule has 0 aromatic heterocycles. The van der Waals surface area contributed by atoms with Crippen LogP contribution >= 0.6 is 0 Å². The number of aliphatic hydroxyl groups is 2. The fourth-order valence-electron chi connectivity index (χ4n) is 8.19. The molecule has 0 aromatic rings. The summed E-state index contributed by atoms with van der Waals surface area (Å²) in [4.78, 5) is 0. The molecule has 0 spiro atoms. The van der Waals surface area contributed by atoms with Crippen molar-refractivity contribution in [2.45, 2.75) is 111 Å². The lowest BCUT2D eigenvalue weighted by Gasteiger charge is -2.56. The van der Waals surface area contributed by atoms with Gasteiger partial charge in [-0.05, 0) is 118 Å². The maximum absolute atomic E-state index is 10.6. The van der Waals surface area contributed by atoms with E-state index in [1.54, 1.807) is 5.57 Å². The van der Waals surface area contributed by atoms with Crippen LogP contribution in [0.3, 0.4) is 0 Å². The zero-order chi connectivity index (χ0) is 21.0. The second-order valence-corrected chi connectivity index (χ2v) is 12.3. The lowest BCUT2D eigenvalue weighted by molar-refractivity contribution is -0.0433. The summed E-state index contributed by atoms with van der Waals surface area (Å²) >= 11 is 0. The Labute approximate surface area is 179 Å². The number of allylic oxidation sites excluding steroid dienone is 1. The highest BCUT2D eigenvalue weighted by Gasteiger charge is 2.55. The number of hydrogen-bond acceptors (Lipinski definition) is 2. The van der Waals surface area contributed by atoms with Gasteiger partial charge in [-0.15, -0.1) is 0 Å². The molecule has 9 atom stereocenters. The van der Waals surface area contributed by atoms with Crippen LogP contribution in [0.4, 0.5) is 0 Å². The van der Waals surface area contributed by atoms with Crippen molar-refractivity contribution in [3.05, 3.63) is 11.6 Å². The van der Waals surface area contributed by atoms with Gasteiger partial charge in [0, 0.05) is 0 Å². The summed E-state index contributed by atoms with van der Waals surface area (Å²) in [6.45, 7) is 11.3. The molecule has 0 amide bonds. The minimum Gasteiger partial charge on any atom is -0.393 e. The van der Waals surface area contributed by atoms with E-state index < -0.39 is 5.60 Å². The van der Waals surface area contributed by atoms with Gasteiger partial charge in [-0.2, -0.15) is 0 Å². The molecule has 3 saturated carbocycles. The average Bonchev–Trinajstić information content (AvgIpc) is 3.10. The Morgan fingerprint density at radius 1 is 0.966 bits per heavy atom. The standard InChI is InChI=1S/C27H46O2/c1-17(2)25(28)13-6-18(3)20-9-10-22-21(20)11-12-24-23(22)8-7-19-16-26(4,29)14-15-27(19,24)5/h7,17-18,20-25,28-29H,6,8-16H2,1-5H3/t18-,20-,21-,22?,23?,24?,25+,26+,27+/m1/s1. The van der Waals surface area contributed by atoms with Gasteiger partial charge >= 0.3 is 0 Å². The van der Waals surface area contributed by atoms with E-state index in [-0.39, 0.29) is 6.10 Å². The van der Waals surface area contributed by atoms with Gasteiger partial charge < -0.3 is 10.2 Å². The fourth-order valence-corrected chi connectivity index (χ4v) is 8.19. The molecular weight excluding hydrogens is 356 g/mol. The molecule has 2 nitrogen and oxygen atoms in total. The first-order chi connectivity index (χ1) is 13.6. The topological polar surface area (TPSA) is 40.5 Å². The Hall–Kier alpha value is -0.340. The Bertz CT molecular complexity index is 620. The van der Waals surface area contributed by atoms with Gasteiger partial charge in [-0.25, -0.2) is 0 Å². The Morgan fingerprint density at radius 2 is 1.69 bits per heavy atom. The van der Waals surface area contributed by atoms with E-state index in [2.05, 4.69) is 33.8 Å². The maximum Gasteiger partial charge on any atom is 0.0657 e. The minimum absolute atomic E-state index is 0.129. The van der Waals surface area contributed by atoms with Crippen LogP contribution in [0, 0.1) is 46.8 Å². The van der Waals surface area contributed by atoms with Crippen molar-refractivity contribution in [2.24, 2.45) is 46.8 Å². The molecule has 166 valence electrons. The minimum atomic E-state index is -0.482. The third kappa shape index (κ3) is 3.98. The third-order valence-electron chi connectivity index (χ3n) is 10.2. The van der Waals surface area contributed by atoms with Gasteiger partial charge in [-0.1, -0.05) is 39.3 Å². The monoisotopic (exact) mass is 402 g/mol. The summed E-state index contributed by atoms with van der Waals surface area (Å²) < 4.78 is 0. The summed E-state index contributed by atoms with van der Waals surface area (Å²) in [7, 11) is 0. The predicted molar refractivity (Wildman–Crippen MR) is 120 cm³/mol. The summed E-state index contributed by atoms with van der Waals surface area (Å²) in [6.07, 6.45) is 14.6. The Kier molecular flexibility index (Phi) is 6.01. The molecule has 0 saturated heterocycles. The molecule has 4 aliphatic rings. The van der Waals surface area contributed by atoms with Crippen molar-refractivity contribution in [2.75, 3.05) is 0 Å².